The lowest BCUT2D eigenvalue weighted by atomic mass is 9.94. The Balaban J connectivity index is 1.99. The minimum Gasteiger partial charge on any atom is -0.436 e. The predicted octanol–water partition coefficient (Wildman–Crippen LogP) is 2.83. The maximum atomic E-state index is 11.7. The Bertz CT molecular complexity index is 730. The fourth-order valence-electron chi connectivity index (χ4n) is 1.70. The van der Waals surface area contributed by atoms with Crippen molar-refractivity contribution < 1.29 is 9.34 Å². The van der Waals surface area contributed by atoms with Crippen LogP contribution >= 0.6 is 11.8 Å². The van der Waals surface area contributed by atoms with Crippen LogP contribution < -0.4 is 5.56 Å². The topological polar surface area (TPSA) is 91.2 Å². The van der Waals surface area contributed by atoms with Crippen molar-refractivity contribution in [3.05, 3.63) is 50.8 Å². The number of thioether (sulfide) groups is 1. The molecule has 8 heteroatoms. The van der Waals surface area contributed by atoms with Crippen LogP contribution in [-0.2, 0) is 12.0 Å². The van der Waals surface area contributed by atoms with E-state index in [0.29, 0.717) is 17.5 Å². The minimum atomic E-state index is -0.521. The highest BCUT2D eigenvalue weighted by molar-refractivity contribution is 7.99. The van der Waals surface area contributed by atoms with E-state index in [1.54, 1.807) is 6.20 Å². The van der Waals surface area contributed by atoms with Crippen molar-refractivity contribution in [1.82, 2.24) is 9.55 Å². The van der Waals surface area contributed by atoms with Crippen LogP contribution in [0.1, 0.15) is 26.5 Å². The van der Waals surface area contributed by atoms with Gasteiger partial charge in [0.1, 0.15) is 5.76 Å². The number of pyridine rings is 1. The number of nitrogens with zero attached hydrogens (tertiary/aromatic N) is 3. The molecule has 0 radical (unpaired) electrons. The van der Waals surface area contributed by atoms with Gasteiger partial charge in [0.2, 0.25) is 0 Å². The number of hydrogen-bond donors (Lipinski definition) is 0. The zero-order chi connectivity index (χ0) is 16.3. The first-order chi connectivity index (χ1) is 10.3. The van der Waals surface area contributed by atoms with Crippen LogP contribution in [0.25, 0.3) is 0 Å². The van der Waals surface area contributed by atoms with E-state index in [2.05, 4.69) is 4.98 Å². The van der Waals surface area contributed by atoms with Crippen LogP contribution in [0.2, 0.25) is 0 Å². The summed E-state index contributed by atoms with van der Waals surface area (Å²) in [6.07, 6.45) is 2.95. The highest BCUT2D eigenvalue weighted by Gasteiger charge is 2.19. The Morgan fingerprint density at radius 1 is 1.41 bits per heavy atom. The first kappa shape index (κ1) is 16.3. The van der Waals surface area contributed by atoms with E-state index in [-0.39, 0.29) is 16.7 Å². The third-order valence-corrected chi connectivity index (χ3v) is 3.78. The molecule has 118 valence electrons. The van der Waals surface area contributed by atoms with Crippen LogP contribution in [0.4, 0.5) is 5.69 Å². The molecule has 0 saturated heterocycles. The van der Waals surface area contributed by atoms with Crippen molar-refractivity contribution in [1.29, 1.82) is 0 Å². The second-order valence-corrected chi connectivity index (χ2v) is 6.81. The van der Waals surface area contributed by atoms with E-state index in [1.165, 1.54) is 34.7 Å². The summed E-state index contributed by atoms with van der Waals surface area (Å²) in [4.78, 5) is 26.0. The summed E-state index contributed by atoms with van der Waals surface area (Å²) < 4.78 is 6.95. The van der Waals surface area contributed by atoms with Crippen molar-refractivity contribution in [2.45, 2.75) is 38.0 Å². The Labute approximate surface area is 131 Å². The van der Waals surface area contributed by atoms with Gasteiger partial charge in [-0.1, -0.05) is 32.5 Å². The van der Waals surface area contributed by atoms with Gasteiger partial charge in [-0.2, -0.15) is 0 Å². The van der Waals surface area contributed by atoms with Crippen LogP contribution in [0.15, 0.2) is 39.0 Å². The number of nitro groups is 1. The van der Waals surface area contributed by atoms with E-state index in [4.69, 9.17) is 4.42 Å². The van der Waals surface area contributed by atoms with Gasteiger partial charge < -0.3 is 8.98 Å². The minimum absolute atomic E-state index is 0.101. The molecule has 22 heavy (non-hydrogen) atoms. The first-order valence-corrected chi connectivity index (χ1v) is 7.70. The third kappa shape index (κ3) is 3.97. The molecule has 2 aromatic rings. The standard InChI is InChI=1S/C14H17N3O4S/c1-14(2,3)11-8-15-13(21-11)22-7-6-16-9-10(17(19)20)4-5-12(16)18/h4-5,8-9H,6-7H2,1-3H3. The molecule has 0 aliphatic heterocycles. The van der Waals surface area contributed by atoms with E-state index in [1.807, 2.05) is 20.8 Å². The zero-order valence-electron chi connectivity index (χ0n) is 12.6. The molecule has 2 aromatic heterocycles. The molecule has 0 atom stereocenters. The fourth-order valence-corrected chi connectivity index (χ4v) is 2.44. The molecule has 0 amide bonds. The van der Waals surface area contributed by atoms with Gasteiger partial charge in [-0.3, -0.25) is 14.9 Å². The van der Waals surface area contributed by atoms with Crippen LogP contribution in [-0.4, -0.2) is 20.2 Å². The molecular formula is C14H17N3O4S. The highest BCUT2D eigenvalue weighted by Crippen LogP contribution is 2.26. The van der Waals surface area contributed by atoms with E-state index in [9.17, 15) is 14.9 Å². The number of oxazole rings is 1. The normalized spacial score (nSPS) is 11.6. The molecule has 0 unspecified atom stereocenters. The lowest BCUT2D eigenvalue weighted by Gasteiger charge is -2.12. The second kappa shape index (κ2) is 6.35. The Morgan fingerprint density at radius 2 is 2.14 bits per heavy atom. The largest absolute Gasteiger partial charge is 0.436 e. The summed E-state index contributed by atoms with van der Waals surface area (Å²) in [6.45, 7) is 6.44. The van der Waals surface area contributed by atoms with Gasteiger partial charge in [0.15, 0.2) is 0 Å². The average molecular weight is 323 g/mol. The SMILES string of the molecule is CC(C)(C)c1cnc(SCCn2cc([N+](=O)[O-])ccc2=O)o1. The maximum absolute atomic E-state index is 11.7. The molecule has 2 heterocycles. The number of rotatable bonds is 5. The van der Waals surface area contributed by atoms with E-state index in [0.717, 1.165) is 5.76 Å². The maximum Gasteiger partial charge on any atom is 0.285 e. The number of aryl methyl sites for hydroxylation is 1. The summed E-state index contributed by atoms with van der Waals surface area (Å²) in [5, 5.41) is 11.2. The number of aromatic nitrogens is 2. The molecule has 2 rings (SSSR count). The van der Waals surface area contributed by atoms with Gasteiger partial charge in [-0.25, -0.2) is 4.98 Å². The molecule has 0 bridgehead atoms. The first-order valence-electron chi connectivity index (χ1n) is 6.71. The fraction of sp³-hybridized carbons (Fsp3) is 0.429. The molecule has 7 nitrogen and oxygen atoms in total. The van der Waals surface area contributed by atoms with E-state index < -0.39 is 4.92 Å². The van der Waals surface area contributed by atoms with Crippen molar-refractivity contribution in [2.24, 2.45) is 0 Å². The van der Waals surface area contributed by atoms with Gasteiger partial charge in [-0.05, 0) is 0 Å². The Kier molecular flexibility index (Phi) is 4.70. The highest BCUT2D eigenvalue weighted by atomic mass is 32.2. The van der Waals surface area contributed by atoms with Crippen molar-refractivity contribution in [2.75, 3.05) is 5.75 Å². The van der Waals surface area contributed by atoms with Gasteiger partial charge in [0, 0.05) is 29.8 Å². The molecule has 0 saturated carbocycles. The molecule has 0 fully saturated rings. The van der Waals surface area contributed by atoms with Crippen LogP contribution in [0.3, 0.4) is 0 Å². The average Bonchev–Trinajstić information content (AvgIpc) is 2.89. The van der Waals surface area contributed by atoms with Gasteiger partial charge in [0.05, 0.1) is 17.3 Å². The summed E-state index contributed by atoms with van der Waals surface area (Å²) in [7, 11) is 0. The number of hydrogen-bond acceptors (Lipinski definition) is 6. The lowest BCUT2D eigenvalue weighted by Crippen LogP contribution is -2.19. The second-order valence-electron chi connectivity index (χ2n) is 5.76. The predicted molar refractivity (Wildman–Crippen MR) is 83.3 cm³/mol. The summed E-state index contributed by atoms with van der Waals surface area (Å²) >= 11 is 1.37. The van der Waals surface area contributed by atoms with Crippen LogP contribution in [0.5, 0.6) is 0 Å². The molecule has 0 aromatic carbocycles. The Morgan fingerprint density at radius 3 is 2.73 bits per heavy atom. The molecule has 0 spiro atoms. The van der Waals surface area contributed by atoms with Gasteiger partial charge in [0.25, 0.3) is 16.5 Å². The van der Waals surface area contributed by atoms with Gasteiger partial charge in [-0.15, -0.1) is 0 Å². The molecule has 0 aliphatic carbocycles. The summed E-state index contributed by atoms with van der Waals surface area (Å²) in [6, 6.07) is 2.40. The molecule has 0 aliphatic rings. The molecular weight excluding hydrogens is 306 g/mol. The quantitative estimate of drug-likeness (QED) is 0.477. The van der Waals surface area contributed by atoms with E-state index >= 15 is 0 Å². The van der Waals surface area contributed by atoms with Crippen molar-refractivity contribution in [3.63, 3.8) is 0 Å². The zero-order valence-corrected chi connectivity index (χ0v) is 13.4. The monoisotopic (exact) mass is 323 g/mol. The van der Waals surface area contributed by atoms with Crippen molar-refractivity contribution in [3.8, 4) is 0 Å². The third-order valence-electron chi connectivity index (χ3n) is 2.96. The summed E-state index contributed by atoms with van der Waals surface area (Å²) in [5.74, 6) is 1.33. The molecule has 0 N–H and O–H groups in total. The summed E-state index contributed by atoms with van der Waals surface area (Å²) in [5.41, 5.74) is -0.479. The van der Waals surface area contributed by atoms with Crippen LogP contribution in [0, 0.1) is 10.1 Å². The lowest BCUT2D eigenvalue weighted by molar-refractivity contribution is -0.385. The van der Waals surface area contributed by atoms with Gasteiger partial charge >= 0.3 is 0 Å². The smallest absolute Gasteiger partial charge is 0.285 e. The van der Waals surface area contributed by atoms with Crippen molar-refractivity contribution >= 4 is 17.4 Å². The Hall–Kier alpha value is -2.09.